The number of halogens is 1. The van der Waals surface area contributed by atoms with E-state index < -0.39 is 0 Å². The second-order valence-electron chi connectivity index (χ2n) is 7.23. The molecular weight excluding hydrogens is 398 g/mol. The number of amides is 2. The molecule has 1 aromatic carbocycles. The van der Waals surface area contributed by atoms with E-state index in [9.17, 15) is 9.59 Å². The maximum atomic E-state index is 13.0. The van der Waals surface area contributed by atoms with Gasteiger partial charge in [0, 0.05) is 37.4 Å². The lowest BCUT2D eigenvalue weighted by Gasteiger charge is -2.35. The smallest absolute Gasteiger partial charge is 0.264 e. The molecule has 2 aromatic rings. The zero-order chi connectivity index (χ0) is 19.0. The Bertz CT molecular complexity index is 863. The molecule has 0 saturated carbocycles. The highest BCUT2D eigenvalue weighted by Crippen LogP contribution is 2.31. The highest BCUT2D eigenvalue weighted by Gasteiger charge is 2.35. The van der Waals surface area contributed by atoms with Gasteiger partial charge in [0.1, 0.15) is 6.10 Å². The van der Waals surface area contributed by atoms with Crippen molar-refractivity contribution in [1.29, 1.82) is 0 Å². The molecule has 0 unspecified atom stereocenters. The summed E-state index contributed by atoms with van der Waals surface area (Å²) in [6.07, 6.45) is 1.21. The van der Waals surface area contributed by atoms with Gasteiger partial charge >= 0.3 is 0 Å². The average Bonchev–Trinajstić information content (AvgIpc) is 3.32. The highest BCUT2D eigenvalue weighted by molar-refractivity contribution is 7.21. The van der Waals surface area contributed by atoms with E-state index in [1.165, 1.54) is 0 Å². The number of ether oxygens (including phenoxy) is 1. The summed E-state index contributed by atoms with van der Waals surface area (Å²) in [7, 11) is 0. The van der Waals surface area contributed by atoms with Crippen molar-refractivity contribution in [3.05, 3.63) is 34.7 Å². The molecule has 8 heteroatoms. The van der Waals surface area contributed by atoms with Gasteiger partial charge in [-0.25, -0.2) is 0 Å². The van der Waals surface area contributed by atoms with Gasteiger partial charge in [-0.05, 0) is 36.8 Å². The number of carbonyl (C=O) groups is 2. The lowest BCUT2D eigenvalue weighted by Crippen LogP contribution is -2.53. The molecule has 2 aliphatic rings. The van der Waals surface area contributed by atoms with E-state index in [4.69, 9.17) is 10.5 Å². The lowest BCUT2D eigenvalue weighted by molar-refractivity contribution is -0.144. The molecule has 2 fully saturated rings. The first kappa shape index (κ1) is 21.0. The van der Waals surface area contributed by atoms with Crippen LogP contribution in [0.25, 0.3) is 10.1 Å². The lowest BCUT2D eigenvalue weighted by atomic mass is 10.1. The van der Waals surface area contributed by atoms with Crippen LogP contribution in [0.3, 0.4) is 0 Å². The minimum Gasteiger partial charge on any atom is -0.364 e. The van der Waals surface area contributed by atoms with E-state index in [0.717, 1.165) is 33.4 Å². The van der Waals surface area contributed by atoms with Crippen molar-refractivity contribution in [3.63, 3.8) is 0 Å². The molecule has 2 aliphatic heterocycles. The van der Waals surface area contributed by atoms with Crippen molar-refractivity contribution in [2.75, 3.05) is 32.7 Å². The number of benzene rings is 1. The third kappa shape index (κ3) is 3.89. The van der Waals surface area contributed by atoms with Crippen LogP contribution >= 0.6 is 23.7 Å². The molecule has 2 N–H and O–H groups in total. The third-order valence-corrected chi connectivity index (χ3v) is 6.82. The number of thiophene rings is 1. The molecule has 0 radical (unpaired) electrons. The predicted octanol–water partition coefficient (Wildman–Crippen LogP) is 2.42. The van der Waals surface area contributed by atoms with Gasteiger partial charge in [-0.15, -0.1) is 23.7 Å². The van der Waals surface area contributed by atoms with Crippen LogP contribution < -0.4 is 5.73 Å². The van der Waals surface area contributed by atoms with Crippen molar-refractivity contribution in [2.45, 2.75) is 32.0 Å². The SMILES string of the molecule is Cc1c(C(=O)N2CCN(C(=O)[C@@H]3CC[C@H](CN)O3)CC2)sc2ccccc12.Cl. The Labute approximate surface area is 175 Å². The summed E-state index contributed by atoms with van der Waals surface area (Å²) in [5.41, 5.74) is 6.68. The number of fused-ring (bicyclic) bond motifs is 1. The van der Waals surface area contributed by atoms with Crippen molar-refractivity contribution < 1.29 is 14.3 Å². The Morgan fingerprint density at radius 3 is 2.46 bits per heavy atom. The molecule has 6 nitrogen and oxygen atoms in total. The Morgan fingerprint density at radius 2 is 1.82 bits per heavy atom. The molecule has 152 valence electrons. The van der Waals surface area contributed by atoms with Gasteiger partial charge in [0.15, 0.2) is 0 Å². The van der Waals surface area contributed by atoms with E-state index in [0.29, 0.717) is 32.7 Å². The van der Waals surface area contributed by atoms with Crippen LogP contribution in [0.4, 0.5) is 0 Å². The van der Waals surface area contributed by atoms with Gasteiger partial charge in [-0.2, -0.15) is 0 Å². The number of carbonyl (C=O) groups excluding carboxylic acids is 2. The number of nitrogens with zero attached hydrogens (tertiary/aromatic N) is 2. The molecule has 2 amide bonds. The molecule has 1 aromatic heterocycles. The summed E-state index contributed by atoms with van der Waals surface area (Å²) >= 11 is 1.55. The van der Waals surface area contributed by atoms with Crippen LogP contribution in [0.5, 0.6) is 0 Å². The standard InChI is InChI=1S/C20H25N3O3S.ClH/c1-13-15-4-2-3-5-17(15)27-18(13)20(25)23-10-8-22(9-11-23)19(24)16-7-6-14(12-21)26-16;/h2-5,14,16H,6-12,21H2,1H3;1H/t14-,16+;/m1./s1. The normalized spacial score (nSPS) is 22.4. The van der Waals surface area contributed by atoms with E-state index in [1.807, 2.05) is 28.9 Å². The number of hydrogen-bond donors (Lipinski definition) is 1. The number of nitrogens with two attached hydrogens (primary N) is 1. The summed E-state index contributed by atoms with van der Waals surface area (Å²) in [5.74, 6) is 0.109. The molecule has 4 rings (SSSR count). The van der Waals surface area contributed by atoms with Crippen LogP contribution in [0.1, 0.15) is 28.1 Å². The first-order valence-corrected chi connectivity index (χ1v) is 10.3. The van der Waals surface area contributed by atoms with Crippen molar-refractivity contribution in [2.24, 2.45) is 5.73 Å². The van der Waals surface area contributed by atoms with Gasteiger partial charge < -0.3 is 20.3 Å². The van der Waals surface area contributed by atoms with Crippen LogP contribution in [0, 0.1) is 6.92 Å². The second kappa shape index (κ2) is 8.78. The Kier molecular flexibility index (Phi) is 6.60. The summed E-state index contributed by atoms with van der Waals surface area (Å²) in [4.78, 5) is 30.1. The summed E-state index contributed by atoms with van der Waals surface area (Å²) < 4.78 is 6.86. The van der Waals surface area contributed by atoms with E-state index in [-0.39, 0.29) is 36.4 Å². The van der Waals surface area contributed by atoms with Gasteiger partial charge in [-0.3, -0.25) is 9.59 Å². The number of rotatable bonds is 3. The van der Waals surface area contributed by atoms with Crippen molar-refractivity contribution >= 4 is 45.6 Å². The molecule has 3 heterocycles. The second-order valence-corrected chi connectivity index (χ2v) is 8.28. The van der Waals surface area contributed by atoms with Crippen LogP contribution in [0.15, 0.2) is 24.3 Å². The number of aryl methyl sites for hydroxylation is 1. The fourth-order valence-corrected chi connectivity index (χ4v) is 5.09. The molecule has 0 spiro atoms. The maximum absolute atomic E-state index is 13.0. The molecule has 0 bridgehead atoms. The minimum absolute atomic E-state index is 0. The molecular formula is C20H26ClN3O3S. The zero-order valence-electron chi connectivity index (χ0n) is 15.9. The average molecular weight is 424 g/mol. The first-order valence-electron chi connectivity index (χ1n) is 9.50. The van der Waals surface area contributed by atoms with E-state index >= 15 is 0 Å². The summed E-state index contributed by atoms with van der Waals surface area (Å²) in [5, 5.41) is 1.15. The Balaban J connectivity index is 0.00000225. The number of piperazine rings is 1. The van der Waals surface area contributed by atoms with E-state index in [1.54, 1.807) is 11.3 Å². The third-order valence-electron chi connectivity index (χ3n) is 5.56. The van der Waals surface area contributed by atoms with Gasteiger partial charge in [0.25, 0.3) is 11.8 Å². The molecule has 2 atom stereocenters. The monoisotopic (exact) mass is 423 g/mol. The number of hydrogen-bond acceptors (Lipinski definition) is 5. The van der Waals surface area contributed by atoms with Crippen LogP contribution in [-0.4, -0.2) is 66.5 Å². The fraction of sp³-hybridized carbons (Fsp3) is 0.500. The Hall–Kier alpha value is -1.67. The van der Waals surface area contributed by atoms with Crippen LogP contribution in [0.2, 0.25) is 0 Å². The fourth-order valence-electron chi connectivity index (χ4n) is 3.92. The van der Waals surface area contributed by atoms with Gasteiger partial charge in [0.2, 0.25) is 0 Å². The molecule has 2 saturated heterocycles. The predicted molar refractivity (Wildman–Crippen MR) is 113 cm³/mol. The van der Waals surface area contributed by atoms with Crippen LogP contribution in [-0.2, 0) is 9.53 Å². The van der Waals surface area contributed by atoms with Gasteiger partial charge in [-0.1, -0.05) is 18.2 Å². The van der Waals surface area contributed by atoms with Gasteiger partial charge in [0.05, 0.1) is 11.0 Å². The zero-order valence-corrected chi connectivity index (χ0v) is 17.6. The van der Waals surface area contributed by atoms with Crippen molar-refractivity contribution in [3.8, 4) is 0 Å². The quantitative estimate of drug-likeness (QED) is 0.822. The first-order chi connectivity index (χ1) is 13.1. The van der Waals surface area contributed by atoms with Crippen molar-refractivity contribution in [1.82, 2.24) is 9.80 Å². The largest absolute Gasteiger partial charge is 0.364 e. The summed E-state index contributed by atoms with van der Waals surface area (Å²) in [6.45, 7) is 4.71. The maximum Gasteiger partial charge on any atom is 0.264 e. The molecule has 28 heavy (non-hydrogen) atoms. The topological polar surface area (TPSA) is 75.9 Å². The minimum atomic E-state index is -0.370. The van der Waals surface area contributed by atoms with E-state index in [2.05, 4.69) is 12.1 Å². The Morgan fingerprint density at radius 1 is 1.14 bits per heavy atom. The highest BCUT2D eigenvalue weighted by atomic mass is 35.5. The molecule has 0 aliphatic carbocycles. The summed E-state index contributed by atoms with van der Waals surface area (Å²) in [6, 6.07) is 8.11.